The van der Waals surface area contributed by atoms with Gasteiger partial charge in [0.25, 0.3) is 0 Å². The van der Waals surface area contributed by atoms with Crippen molar-refractivity contribution in [1.29, 1.82) is 0 Å². The summed E-state index contributed by atoms with van der Waals surface area (Å²) in [6.07, 6.45) is 1.77. The largest absolute Gasteiger partial charge is 0.384 e. The maximum Gasteiger partial charge on any atom is 0.125 e. The van der Waals surface area contributed by atoms with E-state index in [4.69, 9.17) is 5.73 Å². The average Bonchev–Trinajstić information content (AvgIpc) is 2.20. The van der Waals surface area contributed by atoms with Crippen LogP contribution in [-0.2, 0) is 13.6 Å². The highest BCUT2D eigenvalue weighted by atomic mass is 15.3. The maximum atomic E-state index is 5.65. The van der Waals surface area contributed by atoms with E-state index in [0.29, 0.717) is 0 Å². The normalized spacial score (nSPS) is 10.2. The van der Waals surface area contributed by atoms with Gasteiger partial charge in [-0.1, -0.05) is 0 Å². The molecule has 0 aliphatic rings. The highest BCUT2D eigenvalue weighted by Crippen LogP contribution is 2.07. The summed E-state index contributed by atoms with van der Waals surface area (Å²) in [4.78, 5) is 0. The van der Waals surface area contributed by atoms with E-state index in [1.54, 1.807) is 10.9 Å². The summed E-state index contributed by atoms with van der Waals surface area (Å²) < 4.78 is 1.66. The zero-order valence-electron chi connectivity index (χ0n) is 6.26. The maximum absolute atomic E-state index is 5.65. The van der Waals surface area contributed by atoms with Crippen LogP contribution < -0.4 is 11.1 Å². The topological polar surface area (TPSA) is 55.9 Å². The van der Waals surface area contributed by atoms with Gasteiger partial charge in [-0.25, -0.2) is 0 Å². The zero-order chi connectivity index (χ0) is 7.56. The second-order valence-corrected chi connectivity index (χ2v) is 2.21. The number of nitrogens with zero attached hydrogens (tertiary/aromatic N) is 2. The SMILES string of the molecule is CNCc1cnn(C)c1N. The number of nitrogen functional groups attached to an aromatic ring is 1. The quantitative estimate of drug-likeness (QED) is 0.594. The second-order valence-electron chi connectivity index (χ2n) is 2.21. The van der Waals surface area contributed by atoms with Crippen LogP contribution in [0.25, 0.3) is 0 Å². The van der Waals surface area contributed by atoms with Crippen molar-refractivity contribution in [3.63, 3.8) is 0 Å². The van der Waals surface area contributed by atoms with Gasteiger partial charge in [0.05, 0.1) is 6.20 Å². The third-order valence-corrected chi connectivity index (χ3v) is 1.43. The van der Waals surface area contributed by atoms with Crippen molar-refractivity contribution in [2.45, 2.75) is 6.54 Å². The van der Waals surface area contributed by atoms with Crippen molar-refractivity contribution in [3.05, 3.63) is 11.8 Å². The minimum absolute atomic E-state index is 0.731. The van der Waals surface area contributed by atoms with Crippen LogP contribution in [0.5, 0.6) is 0 Å². The summed E-state index contributed by atoms with van der Waals surface area (Å²) in [5.74, 6) is 0.731. The van der Waals surface area contributed by atoms with Crippen LogP contribution in [0.3, 0.4) is 0 Å². The van der Waals surface area contributed by atoms with Gasteiger partial charge in [-0.05, 0) is 7.05 Å². The second kappa shape index (κ2) is 2.70. The molecule has 4 heteroatoms. The number of anilines is 1. The number of nitrogens with one attached hydrogen (secondary N) is 1. The molecule has 0 aromatic carbocycles. The van der Waals surface area contributed by atoms with Crippen molar-refractivity contribution in [2.24, 2.45) is 7.05 Å². The molecule has 1 rings (SSSR count). The van der Waals surface area contributed by atoms with E-state index >= 15 is 0 Å². The number of nitrogens with two attached hydrogens (primary N) is 1. The Morgan fingerprint density at radius 3 is 2.90 bits per heavy atom. The number of aryl methyl sites for hydroxylation is 1. The summed E-state index contributed by atoms with van der Waals surface area (Å²) >= 11 is 0. The Bertz CT molecular complexity index is 216. The average molecular weight is 140 g/mol. The van der Waals surface area contributed by atoms with E-state index in [2.05, 4.69) is 10.4 Å². The summed E-state index contributed by atoms with van der Waals surface area (Å²) in [7, 11) is 3.71. The van der Waals surface area contributed by atoms with E-state index in [-0.39, 0.29) is 0 Å². The Balaban J connectivity index is 2.83. The van der Waals surface area contributed by atoms with Gasteiger partial charge in [0.15, 0.2) is 0 Å². The first-order valence-electron chi connectivity index (χ1n) is 3.16. The molecule has 10 heavy (non-hydrogen) atoms. The molecule has 0 aliphatic carbocycles. The lowest BCUT2D eigenvalue weighted by atomic mass is 10.3. The Hall–Kier alpha value is -1.03. The van der Waals surface area contributed by atoms with E-state index in [9.17, 15) is 0 Å². The van der Waals surface area contributed by atoms with Crippen LogP contribution in [0, 0.1) is 0 Å². The minimum atomic E-state index is 0.731. The molecular weight excluding hydrogens is 128 g/mol. The Labute approximate surface area is 60.0 Å². The first-order valence-corrected chi connectivity index (χ1v) is 3.16. The molecule has 4 nitrogen and oxygen atoms in total. The smallest absolute Gasteiger partial charge is 0.125 e. The molecule has 0 bridgehead atoms. The first-order chi connectivity index (χ1) is 4.75. The molecule has 1 heterocycles. The highest BCUT2D eigenvalue weighted by molar-refractivity contribution is 5.37. The fraction of sp³-hybridized carbons (Fsp3) is 0.500. The van der Waals surface area contributed by atoms with E-state index in [1.807, 2.05) is 14.1 Å². The summed E-state index contributed by atoms with van der Waals surface area (Å²) in [6.45, 7) is 0.777. The molecule has 0 amide bonds. The van der Waals surface area contributed by atoms with Crippen molar-refractivity contribution >= 4 is 5.82 Å². The van der Waals surface area contributed by atoms with Crippen LogP contribution in [0.1, 0.15) is 5.56 Å². The Kier molecular flexibility index (Phi) is 1.91. The number of aromatic nitrogens is 2. The van der Waals surface area contributed by atoms with Gasteiger partial charge in [0.2, 0.25) is 0 Å². The standard InChI is InChI=1S/C6H12N4/c1-8-3-5-4-9-10(2)6(5)7/h4,8H,3,7H2,1-2H3. The van der Waals surface area contributed by atoms with Gasteiger partial charge in [-0.2, -0.15) is 5.10 Å². The third kappa shape index (κ3) is 1.11. The third-order valence-electron chi connectivity index (χ3n) is 1.43. The molecule has 0 atom stereocenters. The van der Waals surface area contributed by atoms with Crippen LogP contribution in [0.2, 0.25) is 0 Å². The van der Waals surface area contributed by atoms with E-state index < -0.39 is 0 Å². The molecule has 56 valence electrons. The summed E-state index contributed by atoms with van der Waals surface area (Å²) in [6, 6.07) is 0. The van der Waals surface area contributed by atoms with Crippen molar-refractivity contribution in [3.8, 4) is 0 Å². The van der Waals surface area contributed by atoms with Gasteiger partial charge in [0, 0.05) is 19.2 Å². The summed E-state index contributed by atoms with van der Waals surface area (Å²) in [5, 5.41) is 6.99. The molecule has 0 aliphatic heterocycles. The van der Waals surface area contributed by atoms with Gasteiger partial charge in [-0.15, -0.1) is 0 Å². The highest BCUT2D eigenvalue weighted by Gasteiger charge is 2.00. The Morgan fingerprint density at radius 1 is 1.80 bits per heavy atom. The molecule has 0 saturated heterocycles. The minimum Gasteiger partial charge on any atom is -0.384 e. The Morgan fingerprint density at radius 2 is 2.50 bits per heavy atom. The predicted octanol–water partition coefficient (Wildman–Crippen LogP) is -0.278. The molecule has 0 fully saturated rings. The van der Waals surface area contributed by atoms with E-state index in [1.165, 1.54) is 0 Å². The molecule has 1 aromatic rings. The lowest BCUT2D eigenvalue weighted by molar-refractivity contribution is 0.776. The fourth-order valence-corrected chi connectivity index (χ4v) is 0.819. The van der Waals surface area contributed by atoms with Gasteiger partial charge in [-0.3, -0.25) is 4.68 Å². The summed E-state index contributed by atoms with van der Waals surface area (Å²) in [5.41, 5.74) is 6.70. The van der Waals surface area contributed by atoms with Crippen molar-refractivity contribution < 1.29 is 0 Å². The fourth-order valence-electron chi connectivity index (χ4n) is 0.819. The van der Waals surface area contributed by atoms with Gasteiger partial charge in [0.1, 0.15) is 5.82 Å². The molecule has 1 aromatic heterocycles. The predicted molar refractivity (Wildman–Crippen MR) is 40.4 cm³/mol. The molecule has 0 saturated carbocycles. The molecule has 3 N–H and O–H groups in total. The number of hydrogen-bond donors (Lipinski definition) is 2. The lowest BCUT2D eigenvalue weighted by Crippen LogP contribution is -2.07. The number of rotatable bonds is 2. The van der Waals surface area contributed by atoms with Crippen molar-refractivity contribution in [2.75, 3.05) is 12.8 Å². The van der Waals surface area contributed by atoms with Gasteiger partial charge < -0.3 is 11.1 Å². The lowest BCUT2D eigenvalue weighted by Gasteiger charge is -1.97. The molecule has 0 radical (unpaired) electrons. The molecular formula is C6H12N4. The van der Waals surface area contributed by atoms with Gasteiger partial charge >= 0.3 is 0 Å². The molecule has 0 spiro atoms. The monoisotopic (exact) mass is 140 g/mol. The van der Waals surface area contributed by atoms with Crippen LogP contribution in [0.4, 0.5) is 5.82 Å². The van der Waals surface area contributed by atoms with Crippen LogP contribution >= 0.6 is 0 Å². The van der Waals surface area contributed by atoms with Crippen molar-refractivity contribution in [1.82, 2.24) is 15.1 Å². The first kappa shape index (κ1) is 7.08. The van der Waals surface area contributed by atoms with Crippen LogP contribution in [0.15, 0.2) is 6.20 Å². The molecule has 0 unspecified atom stereocenters. The van der Waals surface area contributed by atoms with E-state index in [0.717, 1.165) is 17.9 Å². The van der Waals surface area contributed by atoms with Crippen LogP contribution in [-0.4, -0.2) is 16.8 Å². The zero-order valence-corrected chi connectivity index (χ0v) is 6.26. The number of hydrogen-bond acceptors (Lipinski definition) is 3.